The van der Waals surface area contributed by atoms with Gasteiger partial charge in [0, 0.05) is 29.8 Å². The Labute approximate surface area is 222 Å². The highest BCUT2D eigenvalue weighted by atomic mass is 16.5. The maximum absolute atomic E-state index is 13.8. The molecule has 2 amide bonds. The zero-order chi connectivity index (χ0) is 26.8. The van der Waals surface area contributed by atoms with Crippen LogP contribution in [0.5, 0.6) is 5.75 Å². The maximum atomic E-state index is 13.8. The second-order valence-corrected chi connectivity index (χ2v) is 11.0. The van der Waals surface area contributed by atoms with Gasteiger partial charge < -0.3 is 25.0 Å². The summed E-state index contributed by atoms with van der Waals surface area (Å²) in [6, 6.07) is 5.66. The summed E-state index contributed by atoms with van der Waals surface area (Å²) in [6.45, 7) is -0.226. The molecule has 2 aromatic rings. The topological polar surface area (TPSA) is 129 Å². The van der Waals surface area contributed by atoms with E-state index in [0.717, 1.165) is 49.4 Å². The molecule has 5 rings (SSSR count). The van der Waals surface area contributed by atoms with Crippen molar-refractivity contribution in [1.29, 1.82) is 0 Å². The number of Topliss-reactive ketones (excluding diaryl/α,β-unsaturated/α-hetero) is 2. The lowest BCUT2D eigenvalue weighted by Crippen LogP contribution is -2.54. The average Bonchev–Trinajstić information content (AvgIpc) is 3.55. The highest BCUT2D eigenvalue weighted by Gasteiger charge is 2.49. The minimum atomic E-state index is -0.948. The maximum Gasteiger partial charge on any atom is 0.271 e. The summed E-state index contributed by atoms with van der Waals surface area (Å²) in [5, 5.41) is 13.3. The van der Waals surface area contributed by atoms with Crippen molar-refractivity contribution in [2.45, 2.75) is 69.9 Å². The predicted molar refractivity (Wildman–Crippen MR) is 141 cm³/mol. The van der Waals surface area contributed by atoms with Crippen molar-refractivity contribution < 1.29 is 29.0 Å². The Balaban J connectivity index is 1.40. The highest BCUT2D eigenvalue weighted by molar-refractivity contribution is 6.02. The number of methoxy groups -OCH3 is 1. The van der Waals surface area contributed by atoms with Crippen LogP contribution >= 0.6 is 0 Å². The molecule has 1 aromatic carbocycles. The third-order valence-electron chi connectivity index (χ3n) is 8.81. The smallest absolute Gasteiger partial charge is 0.271 e. The number of aromatic amines is 1. The van der Waals surface area contributed by atoms with Crippen LogP contribution in [0.4, 0.5) is 0 Å². The molecule has 5 atom stereocenters. The zero-order valence-electron chi connectivity index (χ0n) is 21.9. The van der Waals surface area contributed by atoms with Crippen LogP contribution in [-0.4, -0.2) is 70.7 Å². The zero-order valence-corrected chi connectivity index (χ0v) is 21.9. The van der Waals surface area contributed by atoms with E-state index in [1.165, 1.54) is 0 Å². The second kappa shape index (κ2) is 11.3. The summed E-state index contributed by atoms with van der Waals surface area (Å²) in [6.07, 6.45) is 6.98. The number of hydrogen-bond acceptors (Lipinski definition) is 6. The quantitative estimate of drug-likeness (QED) is 0.488. The van der Waals surface area contributed by atoms with Gasteiger partial charge in [-0.05, 0) is 62.1 Å². The number of rotatable bonds is 8. The average molecular weight is 524 g/mol. The molecule has 9 heteroatoms. The van der Waals surface area contributed by atoms with E-state index in [2.05, 4.69) is 10.3 Å². The van der Waals surface area contributed by atoms with Gasteiger partial charge in [0.25, 0.3) is 5.91 Å². The Hall–Kier alpha value is -3.20. The Morgan fingerprint density at radius 3 is 2.71 bits per heavy atom. The van der Waals surface area contributed by atoms with Gasteiger partial charge in [0.2, 0.25) is 5.91 Å². The first-order valence-corrected chi connectivity index (χ1v) is 13.8. The van der Waals surface area contributed by atoms with Crippen molar-refractivity contribution in [2.24, 2.45) is 17.8 Å². The minimum Gasteiger partial charge on any atom is -0.496 e. The molecule has 3 aliphatic rings. The number of nitrogens with zero attached hydrogens (tertiary/aromatic N) is 1. The number of fused-ring (bicyclic) bond motifs is 2. The number of benzene rings is 1. The van der Waals surface area contributed by atoms with Crippen molar-refractivity contribution in [3.8, 4) is 5.75 Å². The number of carbonyl (C=O) groups excluding carboxylic acids is 4. The van der Waals surface area contributed by atoms with Crippen LogP contribution in [0.3, 0.4) is 0 Å². The molecule has 2 heterocycles. The van der Waals surface area contributed by atoms with Gasteiger partial charge in [0.05, 0.1) is 13.2 Å². The first-order chi connectivity index (χ1) is 18.4. The summed E-state index contributed by atoms with van der Waals surface area (Å²) in [4.78, 5) is 57.6. The first kappa shape index (κ1) is 26.4. The van der Waals surface area contributed by atoms with Crippen molar-refractivity contribution in [2.75, 3.05) is 20.3 Å². The van der Waals surface area contributed by atoms with Gasteiger partial charge in [-0.3, -0.25) is 19.2 Å². The van der Waals surface area contributed by atoms with Gasteiger partial charge in [-0.15, -0.1) is 0 Å². The number of H-pyrrole nitrogens is 1. The number of aromatic nitrogens is 1. The number of ether oxygens (including phenoxy) is 1. The number of aliphatic hydroxyl groups is 1. The van der Waals surface area contributed by atoms with Crippen LogP contribution in [0.25, 0.3) is 10.9 Å². The molecule has 0 bridgehead atoms. The van der Waals surface area contributed by atoms with E-state index < -0.39 is 24.5 Å². The predicted octanol–water partition coefficient (Wildman–Crippen LogP) is 3.00. The lowest BCUT2D eigenvalue weighted by molar-refractivity contribution is -0.133. The molecule has 1 saturated heterocycles. The lowest BCUT2D eigenvalue weighted by Gasteiger charge is -2.31. The summed E-state index contributed by atoms with van der Waals surface area (Å²) in [5.41, 5.74) is 1.16. The van der Waals surface area contributed by atoms with Crippen molar-refractivity contribution in [1.82, 2.24) is 15.2 Å². The van der Waals surface area contributed by atoms with Crippen molar-refractivity contribution in [3.63, 3.8) is 0 Å². The number of ketones is 2. The fourth-order valence-electron chi connectivity index (χ4n) is 6.82. The fraction of sp³-hybridized carbons (Fsp3) is 0.586. The molecule has 2 saturated carbocycles. The molecular formula is C29H37N3O6. The van der Waals surface area contributed by atoms with E-state index >= 15 is 0 Å². The largest absolute Gasteiger partial charge is 0.496 e. The third kappa shape index (κ3) is 5.08. The van der Waals surface area contributed by atoms with Crippen LogP contribution < -0.4 is 10.1 Å². The Morgan fingerprint density at radius 2 is 1.95 bits per heavy atom. The molecular weight excluding hydrogens is 486 g/mol. The van der Waals surface area contributed by atoms with Crippen molar-refractivity contribution >= 4 is 34.3 Å². The van der Waals surface area contributed by atoms with E-state index in [0.29, 0.717) is 30.8 Å². The molecule has 9 nitrogen and oxygen atoms in total. The first-order valence-electron chi connectivity index (χ1n) is 13.8. The summed E-state index contributed by atoms with van der Waals surface area (Å²) in [7, 11) is 1.58. The summed E-state index contributed by atoms with van der Waals surface area (Å²) in [5.74, 6) is -0.445. The molecule has 3 N–H and O–H groups in total. The lowest BCUT2D eigenvalue weighted by atomic mass is 9.78. The number of nitrogens with one attached hydrogen (secondary N) is 2. The second-order valence-electron chi connectivity index (χ2n) is 11.0. The molecule has 0 unspecified atom stereocenters. The normalized spacial score (nSPS) is 26.2. The minimum absolute atomic E-state index is 0.00723. The van der Waals surface area contributed by atoms with E-state index in [9.17, 15) is 24.3 Å². The Kier molecular flexibility index (Phi) is 7.83. The van der Waals surface area contributed by atoms with E-state index in [1.54, 1.807) is 18.1 Å². The van der Waals surface area contributed by atoms with E-state index in [4.69, 9.17) is 4.74 Å². The molecule has 204 valence electrons. The molecule has 38 heavy (non-hydrogen) atoms. The monoisotopic (exact) mass is 523 g/mol. The highest BCUT2D eigenvalue weighted by Crippen LogP contribution is 2.41. The summed E-state index contributed by atoms with van der Waals surface area (Å²) < 4.78 is 5.44. The van der Waals surface area contributed by atoms with Gasteiger partial charge in [0.15, 0.2) is 5.78 Å². The van der Waals surface area contributed by atoms with Gasteiger partial charge in [-0.1, -0.05) is 25.3 Å². The molecule has 2 aliphatic carbocycles. The van der Waals surface area contributed by atoms with Crippen LogP contribution in [0.1, 0.15) is 68.3 Å². The van der Waals surface area contributed by atoms with E-state index in [1.807, 2.05) is 18.2 Å². The van der Waals surface area contributed by atoms with Crippen LogP contribution in [0.2, 0.25) is 0 Å². The Bertz CT molecular complexity index is 1220. The molecule has 3 fully saturated rings. The molecule has 0 spiro atoms. The van der Waals surface area contributed by atoms with Crippen LogP contribution in [0.15, 0.2) is 24.3 Å². The van der Waals surface area contributed by atoms with Gasteiger partial charge in [0.1, 0.15) is 29.9 Å². The Morgan fingerprint density at radius 1 is 1.16 bits per heavy atom. The van der Waals surface area contributed by atoms with Crippen LogP contribution in [-0.2, 0) is 14.4 Å². The number of hydrogen-bond donors (Lipinski definition) is 3. The van der Waals surface area contributed by atoms with Gasteiger partial charge in [-0.25, -0.2) is 0 Å². The standard InChI is InChI=1S/C29H37N3O6/c1-38-26-12-6-10-21-20(26)14-23(30-21)29(37)32-15-18-8-2-4-9-19(18)27(32)28(36)31-22(25(35)16-33)13-17-7-3-5-11-24(17)34/h6,10,12,14,17-19,22,27,30,33H,2-5,7-9,11,13,15-16H2,1H3,(H,31,36)/t17-,18-,19-,22-,27-/m0/s1. The van der Waals surface area contributed by atoms with Gasteiger partial charge in [-0.2, -0.15) is 0 Å². The molecule has 0 radical (unpaired) electrons. The van der Waals surface area contributed by atoms with E-state index in [-0.39, 0.29) is 41.8 Å². The third-order valence-corrected chi connectivity index (χ3v) is 8.81. The number of amides is 2. The molecule has 1 aromatic heterocycles. The van der Waals surface area contributed by atoms with Gasteiger partial charge >= 0.3 is 0 Å². The van der Waals surface area contributed by atoms with Crippen LogP contribution in [0, 0.1) is 17.8 Å². The fourth-order valence-corrected chi connectivity index (χ4v) is 6.82. The molecule has 1 aliphatic heterocycles. The number of likely N-dealkylation sites (tertiary alicyclic amines) is 1. The SMILES string of the molecule is COc1cccc2[nH]c(C(=O)N3C[C@@H]4CCCC[C@@H]4[C@H]3C(=O)N[C@@H](C[C@@H]3CCCCC3=O)C(=O)CO)cc12. The number of carbonyl (C=O) groups is 4. The van der Waals surface area contributed by atoms with Crippen molar-refractivity contribution in [3.05, 3.63) is 30.0 Å². The summed E-state index contributed by atoms with van der Waals surface area (Å²) >= 11 is 0. The number of aliphatic hydroxyl groups excluding tert-OH is 1.